The van der Waals surface area contributed by atoms with Crippen molar-refractivity contribution < 1.29 is 0 Å². The Hall–Kier alpha value is -1.61. The van der Waals surface area contributed by atoms with Crippen LogP contribution in [0.5, 0.6) is 0 Å². The lowest BCUT2D eigenvalue weighted by Gasteiger charge is -2.26. The fraction of sp³-hybridized carbons (Fsp3) is 0.500. The number of hydrogen-bond acceptors (Lipinski definition) is 2. The summed E-state index contributed by atoms with van der Waals surface area (Å²) in [6.45, 7) is 3.44. The number of nitrogens with zero attached hydrogens (tertiary/aromatic N) is 2. The number of imidazole rings is 1. The molecule has 0 radical (unpaired) electrons. The maximum atomic E-state index is 6.43. The van der Waals surface area contributed by atoms with Gasteiger partial charge in [-0.05, 0) is 30.2 Å². The summed E-state index contributed by atoms with van der Waals surface area (Å²) >= 11 is 0. The molecule has 1 aromatic carbocycles. The van der Waals surface area contributed by atoms with Gasteiger partial charge in [-0.1, -0.05) is 50.1 Å². The molecule has 1 atom stereocenters. The van der Waals surface area contributed by atoms with Crippen LogP contribution in [-0.2, 0) is 13.0 Å². The molecule has 1 saturated carbocycles. The van der Waals surface area contributed by atoms with Gasteiger partial charge in [0, 0.05) is 12.7 Å². The zero-order valence-electron chi connectivity index (χ0n) is 12.8. The van der Waals surface area contributed by atoms with Crippen molar-refractivity contribution in [2.24, 2.45) is 11.1 Å². The molecule has 3 heteroatoms. The van der Waals surface area contributed by atoms with Crippen molar-refractivity contribution >= 4 is 0 Å². The number of rotatable bonds is 5. The number of aromatic nitrogens is 2. The highest BCUT2D eigenvalue weighted by atomic mass is 15.1. The van der Waals surface area contributed by atoms with Crippen LogP contribution in [0.15, 0.2) is 42.9 Å². The predicted molar refractivity (Wildman–Crippen MR) is 85.9 cm³/mol. The summed E-state index contributed by atoms with van der Waals surface area (Å²) in [6, 6.07) is 10.5. The minimum atomic E-state index is 0.0138. The average molecular weight is 283 g/mol. The van der Waals surface area contributed by atoms with Gasteiger partial charge >= 0.3 is 0 Å². The van der Waals surface area contributed by atoms with Gasteiger partial charge in [0.2, 0.25) is 0 Å². The summed E-state index contributed by atoms with van der Waals surface area (Å²) in [5.74, 6) is 0. The molecule has 1 fully saturated rings. The molecule has 0 bridgehead atoms. The van der Waals surface area contributed by atoms with Crippen LogP contribution in [0.2, 0.25) is 0 Å². The summed E-state index contributed by atoms with van der Waals surface area (Å²) in [5, 5.41) is 0. The second-order valence-electron chi connectivity index (χ2n) is 6.76. The van der Waals surface area contributed by atoms with E-state index < -0.39 is 0 Å². The topological polar surface area (TPSA) is 43.8 Å². The standard InChI is InChI=1S/C18H25N3/c1-18(9-5-6-10-18)13-21-14-20-12-17(21)16(19)11-15-7-3-2-4-8-15/h2-4,7-8,12,14,16H,5-6,9-11,13,19H2,1H3/t16-/m1/s1. The molecule has 112 valence electrons. The molecule has 2 aromatic rings. The van der Waals surface area contributed by atoms with Gasteiger partial charge < -0.3 is 10.3 Å². The van der Waals surface area contributed by atoms with Crippen molar-refractivity contribution in [3.63, 3.8) is 0 Å². The fourth-order valence-electron chi connectivity index (χ4n) is 3.54. The van der Waals surface area contributed by atoms with E-state index in [1.807, 2.05) is 18.6 Å². The third-order valence-electron chi connectivity index (χ3n) is 4.79. The SMILES string of the molecule is CC1(Cn2cncc2[C@H](N)Cc2ccccc2)CCCC1. The van der Waals surface area contributed by atoms with Gasteiger partial charge in [-0.25, -0.2) is 4.98 Å². The summed E-state index contributed by atoms with van der Waals surface area (Å²) in [7, 11) is 0. The molecule has 1 heterocycles. The predicted octanol–water partition coefficient (Wildman–Crippen LogP) is 3.71. The maximum Gasteiger partial charge on any atom is 0.0948 e. The van der Waals surface area contributed by atoms with Crippen LogP contribution < -0.4 is 5.73 Å². The molecule has 0 amide bonds. The molecule has 1 aliphatic carbocycles. The number of nitrogens with two attached hydrogens (primary N) is 1. The van der Waals surface area contributed by atoms with Crippen LogP contribution >= 0.6 is 0 Å². The van der Waals surface area contributed by atoms with E-state index in [2.05, 4.69) is 40.7 Å². The smallest absolute Gasteiger partial charge is 0.0948 e. The zero-order valence-corrected chi connectivity index (χ0v) is 12.8. The van der Waals surface area contributed by atoms with Crippen LogP contribution in [0.25, 0.3) is 0 Å². The van der Waals surface area contributed by atoms with Gasteiger partial charge in [-0.3, -0.25) is 0 Å². The lowest BCUT2D eigenvalue weighted by molar-refractivity contribution is 0.276. The molecule has 3 rings (SSSR count). The van der Waals surface area contributed by atoms with E-state index in [9.17, 15) is 0 Å². The van der Waals surface area contributed by atoms with Gasteiger partial charge in [-0.15, -0.1) is 0 Å². The molecule has 0 saturated heterocycles. The Balaban J connectivity index is 1.72. The van der Waals surface area contributed by atoms with Crippen LogP contribution in [-0.4, -0.2) is 9.55 Å². The van der Waals surface area contributed by atoms with E-state index in [1.165, 1.54) is 31.2 Å². The Kier molecular flexibility index (Phi) is 4.11. The van der Waals surface area contributed by atoms with Crippen molar-refractivity contribution in [3.05, 3.63) is 54.1 Å². The molecule has 1 aliphatic rings. The van der Waals surface area contributed by atoms with Crippen molar-refractivity contribution in [3.8, 4) is 0 Å². The van der Waals surface area contributed by atoms with E-state index in [4.69, 9.17) is 5.73 Å². The summed E-state index contributed by atoms with van der Waals surface area (Å²) in [4.78, 5) is 4.34. The van der Waals surface area contributed by atoms with Gasteiger partial charge in [0.05, 0.1) is 18.1 Å². The Morgan fingerprint density at radius 3 is 2.67 bits per heavy atom. The van der Waals surface area contributed by atoms with Crippen molar-refractivity contribution in [2.75, 3.05) is 0 Å². The van der Waals surface area contributed by atoms with Crippen molar-refractivity contribution in [1.82, 2.24) is 9.55 Å². The molecule has 2 N–H and O–H groups in total. The minimum Gasteiger partial charge on any atom is -0.333 e. The molecule has 21 heavy (non-hydrogen) atoms. The molecule has 0 spiro atoms. The van der Waals surface area contributed by atoms with E-state index >= 15 is 0 Å². The number of benzene rings is 1. The van der Waals surface area contributed by atoms with Gasteiger partial charge in [0.15, 0.2) is 0 Å². The van der Waals surface area contributed by atoms with E-state index in [0.717, 1.165) is 18.7 Å². The van der Waals surface area contributed by atoms with Crippen LogP contribution in [0.3, 0.4) is 0 Å². The highest BCUT2D eigenvalue weighted by Crippen LogP contribution is 2.39. The summed E-state index contributed by atoms with van der Waals surface area (Å²) < 4.78 is 2.28. The van der Waals surface area contributed by atoms with Gasteiger partial charge in [-0.2, -0.15) is 0 Å². The maximum absolute atomic E-state index is 6.43. The first-order valence-electron chi connectivity index (χ1n) is 7.96. The Labute approximate surface area is 127 Å². The first kappa shape index (κ1) is 14.3. The highest BCUT2D eigenvalue weighted by molar-refractivity contribution is 5.18. The Morgan fingerprint density at radius 1 is 1.24 bits per heavy atom. The van der Waals surface area contributed by atoms with Crippen molar-refractivity contribution in [2.45, 2.75) is 51.6 Å². The van der Waals surface area contributed by atoms with E-state index in [-0.39, 0.29) is 6.04 Å². The third-order valence-corrected chi connectivity index (χ3v) is 4.79. The fourth-order valence-corrected chi connectivity index (χ4v) is 3.54. The Bertz CT molecular complexity index is 567. The molecule has 3 nitrogen and oxygen atoms in total. The second kappa shape index (κ2) is 6.02. The minimum absolute atomic E-state index is 0.0138. The molecule has 0 unspecified atom stereocenters. The third kappa shape index (κ3) is 3.35. The first-order valence-corrected chi connectivity index (χ1v) is 7.96. The molecule has 1 aromatic heterocycles. The summed E-state index contributed by atoms with van der Waals surface area (Å²) in [6.07, 6.45) is 10.1. The lowest BCUT2D eigenvalue weighted by Crippen LogP contribution is -2.24. The lowest BCUT2D eigenvalue weighted by atomic mass is 9.88. The van der Waals surface area contributed by atoms with Crippen LogP contribution in [0, 0.1) is 5.41 Å². The second-order valence-corrected chi connectivity index (χ2v) is 6.76. The zero-order chi connectivity index (χ0) is 14.7. The average Bonchev–Trinajstić information content (AvgIpc) is 3.09. The molecular weight excluding hydrogens is 258 g/mol. The Morgan fingerprint density at radius 2 is 1.95 bits per heavy atom. The molecule has 0 aliphatic heterocycles. The number of hydrogen-bond donors (Lipinski definition) is 1. The van der Waals surface area contributed by atoms with E-state index in [1.54, 1.807) is 0 Å². The van der Waals surface area contributed by atoms with Gasteiger partial charge in [0.25, 0.3) is 0 Å². The van der Waals surface area contributed by atoms with Crippen LogP contribution in [0.1, 0.15) is 49.9 Å². The van der Waals surface area contributed by atoms with Crippen LogP contribution in [0.4, 0.5) is 0 Å². The molecular formula is C18H25N3. The normalized spacial score (nSPS) is 18.8. The monoisotopic (exact) mass is 283 g/mol. The highest BCUT2D eigenvalue weighted by Gasteiger charge is 2.30. The summed E-state index contributed by atoms with van der Waals surface area (Å²) in [5.41, 5.74) is 9.29. The quantitative estimate of drug-likeness (QED) is 0.909. The van der Waals surface area contributed by atoms with E-state index in [0.29, 0.717) is 5.41 Å². The van der Waals surface area contributed by atoms with Crippen molar-refractivity contribution in [1.29, 1.82) is 0 Å². The first-order chi connectivity index (χ1) is 10.2. The largest absolute Gasteiger partial charge is 0.333 e. The van der Waals surface area contributed by atoms with Gasteiger partial charge in [0.1, 0.15) is 0 Å².